The van der Waals surface area contributed by atoms with Crippen LogP contribution in [-0.4, -0.2) is 29.3 Å². The predicted molar refractivity (Wildman–Crippen MR) is 82.9 cm³/mol. The van der Waals surface area contributed by atoms with Gasteiger partial charge in [-0.25, -0.2) is 0 Å². The minimum Gasteiger partial charge on any atom is -0.352 e. The number of nitrogens with one attached hydrogen (secondary N) is 1. The van der Waals surface area contributed by atoms with Crippen LogP contribution < -0.4 is 5.32 Å². The van der Waals surface area contributed by atoms with E-state index in [1.54, 1.807) is 17.0 Å². The molecule has 0 heterocycles. The quantitative estimate of drug-likeness (QED) is 0.909. The Morgan fingerprint density at radius 3 is 2.43 bits per heavy atom. The van der Waals surface area contributed by atoms with E-state index in [0.29, 0.717) is 11.6 Å². The summed E-state index contributed by atoms with van der Waals surface area (Å²) in [7, 11) is 0. The molecule has 0 spiro atoms. The smallest absolute Gasteiger partial charge is 0.239 e. The molecule has 1 fully saturated rings. The lowest BCUT2D eigenvalue weighted by molar-refractivity contribution is -0.135. The number of carbonyl (C=O) groups is 2. The maximum atomic E-state index is 12.0. The van der Waals surface area contributed by atoms with Crippen molar-refractivity contribution in [2.45, 2.75) is 45.2 Å². The van der Waals surface area contributed by atoms with E-state index < -0.39 is 0 Å². The average Bonchev–Trinajstić information content (AvgIpc) is 2.93. The van der Waals surface area contributed by atoms with Crippen LogP contribution in [0.15, 0.2) is 24.3 Å². The zero-order valence-corrected chi connectivity index (χ0v) is 13.0. The third kappa shape index (κ3) is 5.05. The summed E-state index contributed by atoms with van der Waals surface area (Å²) < 4.78 is 0. The van der Waals surface area contributed by atoms with Crippen LogP contribution in [0.4, 0.5) is 0 Å². The maximum absolute atomic E-state index is 12.0. The van der Waals surface area contributed by atoms with Gasteiger partial charge in [0.25, 0.3) is 0 Å². The highest BCUT2D eigenvalue weighted by molar-refractivity contribution is 6.30. The summed E-state index contributed by atoms with van der Waals surface area (Å²) in [5.74, 6) is -0.183. The minimum atomic E-state index is -0.105. The van der Waals surface area contributed by atoms with Gasteiger partial charge < -0.3 is 10.2 Å². The number of nitrogens with zero attached hydrogens (tertiary/aromatic N) is 1. The van der Waals surface area contributed by atoms with Crippen molar-refractivity contribution in [3.8, 4) is 0 Å². The first-order valence-electron chi connectivity index (χ1n) is 7.34. The molecule has 1 aliphatic rings. The number of hydrogen-bond acceptors (Lipinski definition) is 2. The molecule has 1 aliphatic carbocycles. The Balaban J connectivity index is 1.90. The highest BCUT2D eigenvalue weighted by Gasteiger charge is 2.19. The third-order valence-electron chi connectivity index (χ3n) is 3.79. The number of amides is 2. The van der Waals surface area contributed by atoms with Crippen molar-refractivity contribution in [3.63, 3.8) is 0 Å². The first kappa shape index (κ1) is 15.8. The summed E-state index contributed by atoms with van der Waals surface area (Å²) in [6.07, 6.45) is 4.43. The number of benzene rings is 1. The Bertz CT molecular complexity index is 496. The van der Waals surface area contributed by atoms with Crippen molar-refractivity contribution in [1.82, 2.24) is 10.2 Å². The van der Waals surface area contributed by atoms with Crippen molar-refractivity contribution in [2.24, 2.45) is 0 Å². The molecule has 0 radical (unpaired) electrons. The van der Waals surface area contributed by atoms with E-state index in [0.717, 1.165) is 18.4 Å². The molecule has 2 amide bonds. The summed E-state index contributed by atoms with van der Waals surface area (Å²) in [5, 5.41) is 3.66. The largest absolute Gasteiger partial charge is 0.352 e. The molecular weight excluding hydrogens is 288 g/mol. The Morgan fingerprint density at radius 1 is 1.24 bits per heavy atom. The van der Waals surface area contributed by atoms with Crippen LogP contribution in [0.5, 0.6) is 0 Å². The van der Waals surface area contributed by atoms with E-state index in [9.17, 15) is 9.59 Å². The molecule has 5 heteroatoms. The number of rotatable bonds is 5. The highest BCUT2D eigenvalue weighted by atomic mass is 35.5. The van der Waals surface area contributed by atoms with Gasteiger partial charge in [-0.1, -0.05) is 36.6 Å². The van der Waals surface area contributed by atoms with Gasteiger partial charge in [-0.05, 0) is 30.5 Å². The fourth-order valence-electron chi connectivity index (χ4n) is 2.61. The normalized spacial score (nSPS) is 15.0. The average molecular weight is 309 g/mol. The van der Waals surface area contributed by atoms with E-state index in [-0.39, 0.29) is 24.4 Å². The Morgan fingerprint density at radius 2 is 1.86 bits per heavy atom. The Hall–Kier alpha value is -1.55. The van der Waals surface area contributed by atoms with Gasteiger partial charge in [-0.2, -0.15) is 0 Å². The van der Waals surface area contributed by atoms with E-state index in [1.165, 1.54) is 19.8 Å². The van der Waals surface area contributed by atoms with E-state index in [2.05, 4.69) is 5.32 Å². The summed E-state index contributed by atoms with van der Waals surface area (Å²) in [6, 6.07) is 7.59. The van der Waals surface area contributed by atoms with Gasteiger partial charge in [-0.3, -0.25) is 9.59 Å². The second-order valence-electron chi connectivity index (χ2n) is 5.55. The Kier molecular flexibility index (Phi) is 5.62. The molecule has 0 aliphatic heterocycles. The molecule has 1 saturated carbocycles. The van der Waals surface area contributed by atoms with E-state index in [4.69, 9.17) is 11.6 Å². The van der Waals surface area contributed by atoms with Crippen molar-refractivity contribution < 1.29 is 9.59 Å². The summed E-state index contributed by atoms with van der Waals surface area (Å²) in [4.78, 5) is 25.3. The van der Waals surface area contributed by atoms with E-state index >= 15 is 0 Å². The summed E-state index contributed by atoms with van der Waals surface area (Å²) >= 11 is 5.85. The molecule has 2 rings (SSSR count). The molecule has 1 aromatic carbocycles. The molecule has 114 valence electrons. The second-order valence-corrected chi connectivity index (χ2v) is 5.99. The van der Waals surface area contributed by atoms with Crippen LogP contribution in [0.2, 0.25) is 5.02 Å². The van der Waals surface area contributed by atoms with Crippen LogP contribution in [0.3, 0.4) is 0 Å². The van der Waals surface area contributed by atoms with Crippen molar-refractivity contribution in [2.75, 3.05) is 6.54 Å². The molecule has 21 heavy (non-hydrogen) atoms. The number of carbonyl (C=O) groups excluding carboxylic acids is 2. The fourth-order valence-corrected chi connectivity index (χ4v) is 2.73. The molecule has 1 N–H and O–H groups in total. The summed E-state index contributed by atoms with van der Waals surface area (Å²) in [6.45, 7) is 2.01. The van der Waals surface area contributed by atoms with Gasteiger partial charge in [0.15, 0.2) is 0 Å². The van der Waals surface area contributed by atoms with Crippen molar-refractivity contribution in [3.05, 3.63) is 34.9 Å². The standard InChI is InChI=1S/C16H21ClN2O2/c1-12(20)19(10-13-6-8-14(17)9-7-13)11-16(21)18-15-4-2-3-5-15/h6-9,15H,2-5,10-11H2,1H3,(H,18,21). The topological polar surface area (TPSA) is 49.4 Å². The van der Waals surface area contributed by atoms with Crippen LogP contribution in [-0.2, 0) is 16.1 Å². The Labute approximate surface area is 130 Å². The van der Waals surface area contributed by atoms with Crippen LogP contribution in [0.25, 0.3) is 0 Å². The lowest BCUT2D eigenvalue weighted by Gasteiger charge is -2.22. The minimum absolute atomic E-state index is 0.0777. The van der Waals surface area contributed by atoms with Gasteiger partial charge >= 0.3 is 0 Å². The van der Waals surface area contributed by atoms with Crippen LogP contribution >= 0.6 is 11.6 Å². The van der Waals surface area contributed by atoms with Crippen LogP contribution in [0, 0.1) is 0 Å². The molecular formula is C16H21ClN2O2. The lowest BCUT2D eigenvalue weighted by atomic mass is 10.2. The molecule has 1 aromatic rings. The van der Waals surface area contributed by atoms with Crippen LogP contribution in [0.1, 0.15) is 38.2 Å². The number of hydrogen-bond donors (Lipinski definition) is 1. The lowest BCUT2D eigenvalue weighted by Crippen LogP contribution is -2.42. The van der Waals surface area contributed by atoms with Gasteiger partial charge in [-0.15, -0.1) is 0 Å². The molecule has 0 atom stereocenters. The van der Waals surface area contributed by atoms with Gasteiger partial charge in [0.05, 0.1) is 6.54 Å². The molecule has 4 nitrogen and oxygen atoms in total. The second kappa shape index (κ2) is 7.46. The van der Waals surface area contributed by atoms with Crippen molar-refractivity contribution >= 4 is 23.4 Å². The van der Waals surface area contributed by atoms with E-state index in [1.807, 2.05) is 12.1 Å². The molecule has 0 bridgehead atoms. The maximum Gasteiger partial charge on any atom is 0.239 e. The van der Waals surface area contributed by atoms with Gasteiger partial charge in [0.2, 0.25) is 11.8 Å². The SMILES string of the molecule is CC(=O)N(CC(=O)NC1CCCC1)Cc1ccc(Cl)cc1. The zero-order chi connectivity index (χ0) is 15.2. The summed E-state index contributed by atoms with van der Waals surface area (Å²) in [5.41, 5.74) is 0.961. The molecule has 0 saturated heterocycles. The predicted octanol–water partition coefficient (Wildman–Crippen LogP) is 2.75. The third-order valence-corrected chi connectivity index (χ3v) is 4.04. The molecule has 0 aromatic heterocycles. The monoisotopic (exact) mass is 308 g/mol. The highest BCUT2D eigenvalue weighted by Crippen LogP contribution is 2.17. The van der Waals surface area contributed by atoms with Gasteiger partial charge in [0.1, 0.15) is 0 Å². The zero-order valence-electron chi connectivity index (χ0n) is 12.3. The van der Waals surface area contributed by atoms with Crippen molar-refractivity contribution in [1.29, 1.82) is 0 Å². The van der Waals surface area contributed by atoms with Gasteiger partial charge in [0, 0.05) is 24.5 Å². The first-order chi connectivity index (χ1) is 10.0. The number of halogens is 1. The fraction of sp³-hybridized carbons (Fsp3) is 0.500. The first-order valence-corrected chi connectivity index (χ1v) is 7.71. The molecule has 0 unspecified atom stereocenters.